The summed E-state index contributed by atoms with van der Waals surface area (Å²) in [7, 11) is 1.00. The van der Waals surface area contributed by atoms with Crippen molar-refractivity contribution >= 4 is 147 Å². The molecule has 97 heavy (non-hydrogen) atoms. The lowest BCUT2D eigenvalue weighted by molar-refractivity contribution is -0.918. The number of hydrogen-bond acceptors (Lipinski definition) is 19. The van der Waals surface area contributed by atoms with Gasteiger partial charge in [-0.3, -0.25) is 0 Å². The van der Waals surface area contributed by atoms with E-state index >= 15 is 0 Å². The van der Waals surface area contributed by atoms with Gasteiger partial charge in [-0.1, -0.05) is 91.9 Å². The number of aliphatic hydroxyl groups excluding tert-OH is 3. The van der Waals surface area contributed by atoms with E-state index in [-0.39, 0.29) is 106 Å². The molecule has 0 amide bonds. The first-order valence-corrected chi connectivity index (χ1v) is 41.2. The summed E-state index contributed by atoms with van der Waals surface area (Å²) in [4.78, 5) is 90.4. The minimum Gasteiger partial charge on any atom is -1.00 e. The SMILES string of the molecule is Br.BrP(Br)Br.C.C=C(CBr)C(=O)OCCCCCCOC(=O)C(=C)CBr.C=C(CO)C(=O)OCCCCCCOC(=O)C(=C)CO.C=C(C[N+](CC)(CC)CC)C(=O)OCCCCCCOC(=O)C(=C)C[N+](CC)(CC)CC.C=CC(=O)OCCCCCCOC(=O)C=C.CO.[Br-]. The van der Waals surface area contributed by atoms with E-state index in [2.05, 4.69) is 173 Å². The Balaban J connectivity index is -0.000000151. The molecule has 0 saturated heterocycles. The summed E-state index contributed by atoms with van der Waals surface area (Å²) in [6, 6.07) is 0. The van der Waals surface area contributed by atoms with E-state index in [0.717, 1.165) is 157 Å². The van der Waals surface area contributed by atoms with Crippen LogP contribution in [0.25, 0.3) is 0 Å². The van der Waals surface area contributed by atoms with E-state index in [0.29, 0.717) is 98.5 Å². The summed E-state index contributed by atoms with van der Waals surface area (Å²) < 4.78 is 41.7. The predicted molar refractivity (Wildman–Crippen MR) is 411 cm³/mol. The van der Waals surface area contributed by atoms with Crippen LogP contribution < -0.4 is 17.0 Å². The Morgan fingerprint density at radius 1 is 0.361 bits per heavy atom. The number of carbonyl (C=O) groups is 8. The lowest BCUT2D eigenvalue weighted by Crippen LogP contribution is -3.00. The number of nitrogens with zero attached hydrogens (tertiary/aromatic N) is 2. The highest BCUT2D eigenvalue weighted by molar-refractivity contribution is 9.93. The second-order valence-corrected chi connectivity index (χ2v) is 37.0. The van der Waals surface area contributed by atoms with Crippen molar-refractivity contribution in [3.05, 3.63) is 98.2 Å². The van der Waals surface area contributed by atoms with E-state index in [4.69, 9.17) is 53.2 Å². The Labute approximate surface area is 645 Å². The van der Waals surface area contributed by atoms with Gasteiger partial charge in [-0.25, -0.2) is 38.4 Å². The average Bonchev–Trinajstić information content (AvgIpc) is 1.05. The van der Waals surface area contributed by atoms with Crippen LogP contribution >= 0.6 is 99.3 Å². The van der Waals surface area contributed by atoms with Crippen molar-refractivity contribution in [2.45, 2.75) is 152 Å². The topological polar surface area (TPSA) is 271 Å². The number of hydrogen-bond donors (Lipinski definition) is 3. The van der Waals surface area contributed by atoms with Crippen molar-refractivity contribution in [2.75, 3.05) is 136 Å². The second kappa shape index (κ2) is 79.0. The molecule has 568 valence electrons. The molecule has 0 aliphatic heterocycles. The Morgan fingerprint density at radius 2 is 0.526 bits per heavy atom. The maximum Gasteiger partial charge on any atom is 0.339 e. The summed E-state index contributed by atoms with van der Waals surface area (Å²) in [5.41, 5.74) is 2.04. The van der Waals surface area contributed by atoms with Crippen LogP contribution in [0.4, 0.5) is 0 Å². The number of rotatable bonds is 50. The molecule has 0 unspecified atom stereocenters. The minimum absolute atomic E-state index is 0. The van der Waals surface area contributed by atoms with Crippen molar-refractivity contribution in [1.82, 2.24) is 0 Å². The number of aliphatic hydroxyl groups is 3. The van der Waals surface area contributed by atoms with Crippen molar-refractivity contribution in [3.8, 4) is 0 Å². The third kappa shape index (κ3) is 70.1. The molecule has 0 aromatic rings. The fourth-order valence-corrected chi connectivity index (χ4v) is 7.94. The molecular formula is C68H119Br7N2O19P+. The van der Waals surface area contributed by atoms with Gasteiger partial charge in [0.2, 0.25) is 0 Å². The fourth-order valence-electron chi connectivity index (χ4n) is 7.49. The number of carbonyl (C=O) groups excluding carboxylic acids is 8. The molecular weight excluding hydrogens is 1740 g/mol. The van der Waals surface area contributed by atoms with Crippen LogP contribution in [0.15, 0.2) is 98.2 Å². The van der Waals surface area contributed by atoms with Gasteiger partial charge in [0.1, 0.15) is 17.1 Å². The second-order valence-electron chi connectivity index (χ2n) is 20.5. The maximum absolute atomic E-state index is 12.2. The van der Waals surface area contributed by atoms with Gasteiger partial charge in [0.25, 0.3) is 0 Å². The molecule has 0 rings (SSSR count). The van der Waals surface area contributed by atoms with Gasteiger partial charge in [-0.05, 0) is 191 Å². The molecule has 0 fully saturated rings. The van der Waals surface area contributed by atoms with Gasteiger partial charge in [0.05, 0.1) is 128 Å². The zero-order chi connectivity index (χ0) is 73.2. The van der Waals surface area contributed by atoms with Crippen molar-refractivity contribution in [3.63, 3.8) is 0 Å². The molecule has 0 heterocycles. The number of alkyl halides is 2. The van der Waals surface area contributed by atoms with Crippen LogP contribution in [0.3, 0.4) is 0 Å². The quantitative estimate of drug-likeness (QED) is 0.00971. The van der Waals surface area contributed by atoms with E-state index in [1.807, 2.05) is 0 Å². The molecule has 0 saturated carbocycles. The zero-order valence-corrected chi connectivity index (χ0v) is 70.3. The van der Waals surface area contributed by atoms with Crippen LogP contribution in [0.1, 0.15) is 152 Å². The van der Waals surface area contributed by atoms with Gasteiger partial charge < -0.3 is 79.2 Å². The Bertz CT molecular complexity index is 1970. The molecule has 0 aliphatic rings. The molecule has 0 atom stereocenters. The highest BCUT2D eigenvalue weighted by atomic mass is 80.0. The van der Waals surface area contributed by atoms with Gasteiger partial charge >= 0.3 is 47.8 Å². The Kier molecular flexibility index (Phi) is 91.8. The third-order valence-corrected chi connectivity index (χ3v) is 15.2. The van der Waals surface area contributed by atoms with Gasteiger partial charge in [0.15, 0.2) is 0 Å². The van der Waals surface area contributed by atoms with E-state index in [1.54, 1.807) is 0 Å². The average molecular weight is 1860 g/mol. The standard InChI is InChI=1S/C26H50N2O4.C14H20Br2O4.C14H22O6.C12H18O4.CH4O.CH4.Br3P.2BrH/c1-9-27(10-2,11-3)21-23(7)25(29)31-19-17-15-16-18-20-32-26(30)24(8)22-28(12-4,13-5)14-6;2*1-11(9-15)13(17)19-7-5-3-4-6-8-20-14(18)12(2)10-16;1-3-11(13)15-9-7-5-6-8-10-16-12(14)4-2;1-2;;1-4(2)3;;/h7-22H2,1-6H3;1-10H2;15-16H,1-10H2;3-4H,1-2,5-10H2;2H,1H3;1H4;;2*1H/q+2;;;;;;;;/p-1. The highest BCUT2D eigenvalue weighted by Gasteiger charge is 2.27. The first-order valence-electron chi connectivity index (χ1n) is 31.6. The number of likely N-dealkylation sites (N-methyl/N-ethyl adjacent to an activating group) is 2. The normalized spacial score (nSPS) is 9.94. The van der Waals surface area contributed by atoms with Gasteiger partial charge in [-0.15, -0.1) is 17.0 Å². The monoisotopic (exact) mass is 1850 g/mol. The first-order chi connectivity index (χ1) is 44.7. The molecule has 0 aliphatic carbocycles. The van der Waals surface area contributed by atoms with Crippen LogP contribution in [-0.4, -0.2) is 208 Å². The van der Waals surface area contributed by atoms with Crippen LogP contribution in [0.2, 0.25) is 0 Å². The molecule has 0 bridgehead atoms. The molecule has 3 N–H and O–H groups in total. The molecule has 0 aromatic carbocycles. The molecule has 29 heteroatoms. The van der Waals surface area contributed by atoms with Crippen LogP contribution in [0.5, 0.6) is 0 Å². The first kappa shape index (κ1) is 113. The number of unbranched alkanes of at least 4 members (excludes halogenated alkanes) is 12. The van der Waals surface area contributed by atoms with E-state index < -0.39 is 25.2 Å². The number of esters is 8. The van der Waals surface area contributed by atoms with Crippen molar-refractivity contribution in [1.29, 1.82) is 0 Å². The van der Waals surface area contributed by atoms with Crippen LogP contribution in [-0.2, 0) is 76.3 Å². The number of ether oxygens (including phenoxy) is 8. The number of halogens is 7. The predicted octanol–water partition coefficient (Wildman–Crippen LogP) is 12.0. The Hall–Kier alpha value is -2.73. The van der Waals surface area contributed by atoms with Gasteiger partial charge in [-0.2, -0.15) is 0 Å². The molecule has 0 spiro atoms. The highest BCUT2D eigenvalue weighted by Crippen LogP contribution is 2.59. The van der Waals surface area contributed by atoms with E-state index in [9.17, 15) is 38.4 Å². The summed E-state index contributed by atoms with van der Waals surface area (Å²) in [5.74, 6) is -3.21. The molecule has 0 radical (unpaired) electrons. The number of quaternary nitrogens is 2. The molecule has 21 nitrogen and oxygen atoms in total. The largest absolute Gasteiger partial charge is 1.00 e. The maximum atomic E-state index is 12.2. The van der Waals surface area contributed by atoms with E-state index in [1.165, 1.54) is 0 Å². The Morgan fingerprint density at radius 3 is 0.680 bits per heavy atom. The zero-order valence-electron chi connectivity index (χ0n) is 58.2. The minimum atomic E-state index is -0.580. The van der Waals surface area contributed by atoms with Crippen LogP contribution in [0, 0.1) is 0 Å². The third-order valence-electron chi connectivity index (χ3n) is 13.9. The summed E-state index contributed by atoms with van der Waals surface area (Å²) in [5, 5.41) is 25.1. The summed E-state index contributed by atoms with van der Waals surface area (Å²) >= 11 is 15.8. The van der Waals surface area contributed by atoms with Crippen molar-refractivity contribution < 1.29 is 118 Å². The lowest BCUT2D eigenvalue weighted by atomic mass is 10.2. The summed E-state index contributed by atoms with van der Waals surface area (Å²) in [6.45, 7) is 50.5. The fraction of sp³-hybridized carbons (Fsp3) is 0.647. The van der Waals surface area contributed by atoms with Gasteiger partial charge in [0, 0.05) is 41.1 Å². The van der Waals surface area contributed by atoms with Crippen molar-refractivity contribution in [2.24, 2.45) is 0 Å². The lowest BCUT2D eigenvalue weighted by Gasteiger charge is -2.35. The smallest absolute Gasteiger partial charge is 0.339 e. The molecule has 0 aromatic heterocycles. The summed E-state index contributed by atoms with van der Waals surface area (Å²) in [6.07, 6.45) is 15.8.